The van der Waals surface area contributed by atoms with Crippen molar-refractivity contribution >= 4 is 35.2 Å². The number of carbonyl (C=O) groups is 2. The number of hydrogen-bond donors (Lipinski definition) is 0. The number of nitrogens with zero attached hydrogens (tertiary/aromatic N) is 1. The predicted molar refractivity (Wildman–Crippen MR) is 112 cm³/mol. The fourth-order valence-corrected chi connectivity index (χ4v) is 3.51. The number of allylic oxidation sites excluding steroid dienone is 1. The van der Waals surface area contributed by atoms with Crippen molar-refractivity contribution in [1.29, 1.82) is 0 Å². The highest BCUT2D eigenvalue weighted by Crippen LogP contribution is 2.37. The normalized spacial score (nSPS) is 15.6. The number of hydrogen-bond acceptors (Lipinski definition) is 3. The molecule has 0 aromatic heterocycles. The van der Waals surface area contributed by atoms with Crippen molar-refractivity contribution in [3.05, 3.63) is 81.3 Å². The van der Waals surface area contributed by atoms with Crippen LogP contribution in [0.5, 0.6) is 0 Å². The first-order chi connectivity index (χ1) is 13.8. The van der Waals surface area contributed by atoms with Crippen LogP contribution in [0.3, 0.4) is 0 Å². The summed E-state index contributed by atoms with van der Waals surface area (Å²) < 4.78 is 19.2. The van der Waals surface area contributed by atoms with Gasteiger partial charge in [0.2, 0.25) is 0 Å². The molecule has 0 bridgehead atoms. The second-order valence-electron chi connectivity index (χ2n) is 7.03. The van der Waals surface area contributed by atoms with Gasteiger partial charge in [-0.3, -0.25) is 9.69 Å². The van der Waals surface area contributed by atoms with Crippen LogP contribution in [0.15, 0.2) is 59.3 Å². The number of methoxy groups -OCH3 is 1. The fourth-order valence-electron chi connectivity index (χ4n) is 3.29. The Balaban J connectivity index is 2.14. The van der Waals surface area contributed by atoms with E-state index in [1.807, 2.05) is 24.3 Å². The summed E-state index contributed by atoms with van der Waals surface area (Å²) in [6, 6.07) is 11.8. The quantitative estimate of drug-likeness (QED) is 0.492. The van der Waals surface area contributed by atoms with E-state index in [1.165, 1.54) is 36.3 Å². The number of halogens is 2. The second kappa shape index (κ2) is 8.21. The van der Waals surface area contributed by atoms with Crippen LogP contribution in [-0.4, -0.2) is 19.0 Å². The highest BCUT2D eigenvalue weighted by Gasteiger charge is 2.38. The van der Waals surface area contributed by atoms with Crippen molar-refractivity contribution < 1.29 is 18.7 Å². The highest BCUT2D eigenvalue weighted by atomic mass is 35.5. The van der Waals surface area contributed by atoms with Gasteiger partial charge in [0.1, 0.15) is 5.82 Å². The van der Waals surface area contributed by atoms with Gasteiger partial charge in [-0.15, -0.1) is 0 Å². The van der Waals surface area contributed by atoms with Crippen molar-refractivity contribution in [2.45, 2.75) is 26.7 Å². The molecular formula is C23H21ClFNO3. The molecule has 0 atom stereocenters. The van der Waals surface area contributed by atoms with E-state index in [-0.39, 0.29) is 21.7 Å². The number of anilines is 1. The lowest BCUT2D eigenvalue weighted by Crippen LogP contribution is -2.24. The molecule has 0 radical (unpaired) electrons. The van der Waals surface area contributed by atoms with Gasteiger partial charge in [0.15, 0.2) is 0 Å². The third-order valence-corrected chi connectivity index (χ3v) is 5.23. The van der Waals surface area contributed by atoms with Crippen LogP contribution in [-0.2, 0) is 14.3 Å². The molecule has 3 rings (SSSR count). The zero-order valence-corrected chi connectivity index (χ0v) is 17.4. The number of benzene rings is 2. The van der Waals surface area contributed by atoms with Crippen LogP contribution in [0.25, 0.3) is 6.08 Å². The molecule has 150 valence electrons. The molecule has 4 nitrogen and oxygen atoms in total. The summed E-state index contributed by atoms with van der Waals surface area (Å²) >= 11 is 6.11. The van der Waals surface area contributed by atoms with E-state index in [0.29, 0.717) is 17.3 Å². The van der Waals surface area contributed by atoms with Crippen molar-refractivity contribution in [3.8, 4) is 0 Å². The molecule has 0 fully saturated rings. The van der Waals surface area contributed by atoms with Gasteiger partial charge >= 0.3 is 5.97 Å². The summed E-state index contributed by atoms with van der Waals surface area (Å²) in [4.78, 5) is 27.1. The third-order valence-electron chi connectivity index (χ3n) is 4.90. The average Bonchev–Trinajstić information content (AvgIpc) is 2.94. The zero-order valence-electron chi connectivity index (χ0n) is 16.6. The van der Waals surface area contributed by atoms with E-state index < -0.39 is 17.7 Å². The topological polar surface area (TPSA) is 46.6 Å². The summed E-state index contributed by atoms with van der Waals surface area (Å²) in [5, 5.41) is 0.145. The average molecular weight is 414 g/mol. The SMILES string of the molecule is COC(=O)C1=C(C)N(c2ccc(C(C)C)cc2)C(=O)/C1=C/c1c(F)cccc1Cl. The first-order valence-electron chi connectivity index (χ1n) is 9.16. The molecule has 1 heterocycles. The number of ether oxygens (including phenoxy) is 1. The molecule has 0 saturated carbocycles. The Kier molecular flexibility index (Phi) is 5.89. The van der Waals surface area contributed by atoms with Crippen LogP contribution < -0.4 is 4.90 Å². The van der Waals surface area contributed by atoms with Gasteiger partial charge in [-0.05, 0) is 48.7 Å². The van der Waals surface area contributed by atoms with E-state index in [4.69, 9.17) is 16.3 Å². The number of esters is 1. The largest absolute Gasteiger partial charge is 0.465 e. The molecule has 1 amide bonds. The smallest absolute Gasteiger partial charge is 0.340 e. The standard InChI is InChI=1S/C23H21ClFNO3/c1-13(2)15-8-10-16(11-9-15)26-14(3)21(23(28)29-4)18(22(26)27)12-17-19(24)6-5-7-20(17)25/h5-13H,1-4H3/b18-12+. The highest BCUT2D eigenvalue weighted by molar-refractivity contribution is 6.32. The van der Waals surface area contributed by atoms with Crippen LogP contribution in [0, 0.1) is 5.82 Å². The lowest BCUT2D eigenvalue weighted by atomic mass is 10.0. The Hall–Kier alpha value is -2.92. The molecule has 6 heteroatoms. The van der Waals surface area contributed by atoms with Gasteiger partial charge in [-0.1, -0.05) is 43.6 Å². The minimum Gasteiger partial charge on any atom is -0.465 e. The van der Waals surface area contributed by atoms with Crippen molar-refractivity contribution in [2.24, 2.45) is 0 Å². The van der Waals surface area contributed by atoms with Crippen molar-refractivity contribution in [2.75, 3.05) is 12.0 Å². The second-order valence-corrected chi connectivity index (χ2v) is 7.44. The zero-order chi connectivity index (χ0) is 21.3. The van der Waals surface area contributed by atoms with Gasteiger partial charge < -0.3 is 4.74 Å². The molecule has 0 aliphatic carbocycles. The summed E-state index contributed by atoms with van der Waals surface area (Å²) in [5.41, 5.74) is 2.33. The van der Waals surface area contributed by atoms with Gasteiger partial charge in [-0.2, -0.15) is 0 Å². The minimum atomic E-state index is -0.670. The van der Waals surface area contributed by atoms with E-state index in [0.717, 1.165) is 5.56 Å². The lowest BCUT2D eigenvalue weighted by Gasteiger charge is -2.19. The van der Waals surface area contributed by atoms with Gasteiger partial charge in [0.25, 0.3) is 5.91 Å². The minimum absolute atomic E-state index is 0.0364. The number of amides is 1. The maximum absolute atomic E-state index is 14.3. The molecule has 1 aliphatic heterocycles. The number of rotatable bonds is 4. The maximum atomic E-state index is 14.3. The van der Waals surface area contributed by atoms with Crippen LogP contribution in [0.1, 0.15) is 37.8 Å². The Morgan fingerprint density at radius 3 is 2.38 bits per heavy atom. The summed E-state index contributed by atoms with van der Waals surface area (Å²) in [7, 11) is 1.24. The Labute approximate surface area is 174 Å². The van der Waals surface area contributed by atoms with Crippen LogP contribution in [0.4, 0.5) is 10.1 Å². The first-order valence-corrected chi connectivity index (χ1v) is 9.53. The maximum Gasteiger partial charge on any atom is 0.340 e. The molecule has 1 aliphatic rings. The monoisotopic (exact) mass is 413 g/mol. The summed E-state index contributed by atoms with van der Waals surface area (Å²) in [5.74, 6) is -1.35. The Morgan fingerprint density at radius 1 is 1.17 bits per heavy atom. The van der Waals surface area contributed by atoms with Crippen molar-refractivity contribution in [3.63, 3.8) is 0 Å². The Morgan fingerprint density at radius 2 is 1.83 bits per heavy atom. The van der Waals surface area contributed by atoms with Crippen LogP contribution >= 0.6 is 11.6 Å². The Bertz CT molecular complexity index is 1020. The fraction of sp³-hybridized carbons (Fsp3) is 0.217. The van der Waals surface area contributed by atoms with Crippen LogP contribution in [0.2, 0.25) is 5.02 Å². The summed E-state index contributed by atoms with van der Waals surface area (Å²) in [6.45, 7) is 5.81. The van der Waals surface area contributed by atoms with Crippen molar-refractivity contribution in [1.82, 2.24) is 0 Å². The third kappa shape index (κ3) is 3.83. The van der Waals surface area contributed by atoms with E-state index in [2.05, 4.69) is 13.8 Å². The van der Waals surface area contributed by atoms with E-state index >= 15 is 0 Å². The molecule has 0 spiro atoms. The first kappa shape index (κ1) is 20.8. The number of carbonyl (C=O) groups excluding carboxylic acids is 2. The molecule has 0 unspecified atom stereocenters. The molecular weight excluding hydrogens is 393 g/mol. The molecule has 0 N–H and O–H groups in total. The van der Waals surface area contributed by atoms with E-state index in [1.54, 1.807) is 6.92 Å². The van der Waals surface area contributed by atoms with Gasteiger partial charge in [-0.25, -0.2) is 9.18 Å². The van der Waals surface area contributed by atoms with E-state index in [9.17, 15) is 14.0 Å². The molecule has 2 aromatic rings. The molecule has 29 heavy (non-hydrogen) atoms. The summed E-state index contributed by atoms with van der Waals surface area (Å²) in [6.07, 6.45) is 1.30. The molecule has 2 aromatic carbocycles. The predicted octanol–water partition coefficient (Wildman–Crippen LogP) is 5.48. The van der Waals surface area contributed by atoms with Gasteiger partial charge in [0.05, 0.1) is 23.3 Å². The molecule has 0 saturated heterocycles. The van der Waals surface area contributed by atoms with Gasteiger partial charge in [0, 0.05) is 16.9 Å². The lowest BCUT2D eigenvalue weighted by molar-refractivity contribution is -0.136.